The van der Waals surface area contributed by atoms with E-state index in [9.17, 15) is 13.6 Å². The van der Waals surface area contributed by atoms with Crippen molar-refractivity contribution in [3.05, 3.63) is 28.8 Å². The maximum Gasteiger partial charge on any atom is 0.222 e. The van der Waals surface area contributed by atoms with Gasteiger partial charge in [0.25, 0.3) is 0 Å². The van der Waals surface area contributed by atoms with Crippen molar-refractivity contribution < 1.29 is 13.6 Å². The fourth-order valence-electron chi connectivity index (χ4n) is 1.98. The number of carbonyl (C=O) groups is 1. The zero-order valence-corrected chi connectivity index (χ0v) is 10.4. The van der Waals surface area contributed by atoms with Gasteiger partial charge in [-0.1, -0.05) is 11.6 Å². The van der Waals surface area contributed by atoms with Gasteiger partial charge in [-0.05, 0) is 18.9 Å². The van der Waals surface area contributed by atoms with Crippen LogP contribution in [0.1, 0.15) is 19.3 Å². The van der Waals surface area contributed by atoms with Crippen LogP contribution in [0.25, 0.3) is 0 Å². The highest BCUT2D eigenvalue weighted by Crippen LogP contribution is 2.28. The Balaban J connectivity index is 2.15. The lowest BCUT2D eigenvalue weighted by Crippen LogP contribution is -2.27. The van der Waals surface area contributed by atoms with E-state index in [0.29, 0.717) is 6.54 Å². The smallest absolute Gasteiger partial charge is 0.222 e. The molecule has 2 rings (SSSR count). The molecule has 0 spiro atoms. The lowest BCUT2D eigenvalue weighted by atomic mass is 10.1. The van der Waals surface area contributed by atoms with Crippen LogP contribution in [0.4, 0.5) is 14.5 Å². The summed E-state index contributed by atoms with van der Waals surface area (Å²) in [5, 5.41) is 5.60. The van der Waals surface area contributed by atoms with Crippen LogP contribution >= 0.6 is 11.6 Å². The van der Waals surface area contributed by atoms with E-state index in [2.05, 4.69) is 10.6 Å². The molecule has 18 heavy (non-hydrogen) atoms. The average Bonchev–Trinajstić information content (AvgIpc) is 2.48. The number of hydrogen-bond acceptors (Lipinski definition) is 2. The normalized spacial score (nSPS) is 20.2. The van der Waals surface area contributed by atoms with Gasteiger partial charge in [0.15, 0.2) is 5.82 Å². The molecule has 1 heterocycles. The minimum absolute atomic E-state index is 0.0165. The van der Waals surface area contributed by atoms with Crippen molar-refractivity contribution in [3.63, 3.8) is 0 Å². The predicted molar refractivity (Wildman–Crippen MR) is 65.6 cm³/mol. The van der Waals surface area contributed by atoms with Crippen molar-refractivity contribution in [3.8, 4) is 0 Å². The van der Waals surface area contributed by atoms with Crippen LogP contribution in [0.5, 0.6) is 0 Å². The van der Waals surface area contributed by atoms with Crippen molar-refractivity contribution >= 4 is 23.2 Å². The van der Waals surface area contributed by atoms with Crippen LogP contribution in [0.15, 0.2) is 12.1 Å². The van der Waals surface area contributed by atoms with Crippen LogP contribution in [0, 0.1) is 11.6 Å². The van der Waals surface area contributed by atoms with Crippen LogP contribution in [0.3, 0.4) is 0 Å². The molecule has 1 unspecified atom stereocenters. The molecule has 1 amide bonds. The Bertz CT molecular complexity index is 444. The van der Waals surface area contributed by atoms with Gasteiger partial charge >= 0.3 is 0 Å². The van der Waals surface area contributed by atoms with Gasteiger partial charge in [0.1, 0.15) is 5.82 Å². The van der Waals surface area contributed by atoms with E-state index >= 15 is 0 Å². The Morgan fingerprint density at radius 3 is 2.89 bits per heavy atom. The molecule has 1 aliphatic heterocycles. The first-order chi connectivity index (χ1) is 8.56. The third-order valence-electron chi connectivity index (χ3n) is 2.84. The summed E-state index contributed by atoms with van der Waals surface area (Å²) < 4.78 is 26.5. The Morgan fingerprint density at radius 2 is 2.17 bits per heavy atom. The average molecular weight is 275 g/mol. The number of rotatable bonds is 2. The third-order valence-corrected chi connectivity index (χ3v) is 3.14. The van der Waals surface area contributed by atoms with Crippen molar-refractivity contribution in [2.24, 2.45) is 0 Å². The molecule has 0 aromatic heterocycles. The highest BCUT2D eigenvalue weighted by atomic mass is 35.5. The molecule has 2 N–H and O–H groups in total. The van der Waals surface area contributed by atoms with E-state index in [1.165, 1.54) is 0 Å². The zero-order chi connectivity index (χ0) is 13.1. The van der Waals surface area contributed by atoms with Gasteiger partial charge in [0.05, 0.1) is 10.7 Å². The fraction of sp³-hybridized carbons (Fsp3) is 0.417. The summed E-state index contributed by atoms with van der Waals surface area (Å²) in [6, 6.07) is 1.62. The number of amides is 1. The number of halogens is 3. The predicted octanol–water partition coefficient (Wildman–Crippen LogP) is 2.70. The van der Waals surface area contributed by atoms with Gasteiger partial charge < -0.3 is 10.6 Å². The molecule has 1 fully saturated rings. The highest BCUT2D eigenvalue weighted by Gasteiger charge is 2.20. The molecule has 0 radical (unpaired) electrons. The van der Waals surface area contributed by atoms with Gasteiger partial charge in [-0.25, -0.2) is 8.78 Å². The minimum Gasteiger partial charge on any atom is -0.378 e. The summed E-state index contributed by atoms with van der Waals surface area (Å²) in [5.74, 6) is -1.55. The standard InChI is InChI=1S/C12H13ClF2N2O/c13-9-4-7(14)5-10(15)12(9)17-8-2-1-3-16-11(18)6-8/h4-5,8,17H,1-3,6H2,(H,16,18). The van der Waals surface area contributed by atoms with Crippen molar-refractivity contribution in [2.75, 3.05) is 11.9 Å². The van der Waals surface area contributed by atoms with Gasteiger partial charge in [-0.15, -0.1) is 0 Å². The van der Waals surface area contributed by atoms with Gasteiger partial charge in [-0.2, -0.15) is 0 Å². The number of anilines is 1. The summed E-state index contributed by atoms with van der Waals surface area (Å²) in [6.45, 7) is 0.622. The van der Waals surface area contributed by atoms with Crippen LogP contribution in [0.2, 0.25) is 5.02 Å². The molecule has 1 aromatic carbocycles. The number of hydrogen-bond donors (Lipinski definition) is 2. The first-order valence-corrected chi connectivity index (χ1v) is 6.12. The number of nitrogens with one attached hydrogen (secondary N) is 2. The molecule has 0 bridgehead atoms. The van der Waals surface area contributed by atoms with Gasteiger partial charge in [0, 0.05) is 25.1 Å². The Kier molecular flexibility index (Phi) is 4.01. The largest absolute Gasteiger partial charge is 0.378 e. The second kappa shape index (κ2) is 5.52. The SMILES string of the molecule is O=C1CC(Nc2c(F)cc(F)cc2Cl)CCCN1. The highest BCUT2D eigenvalue weighted by molar-refractivity contribution is 6.33. The minimum atomic E-state index is -0.746. The van der Waals surface area contributed by atoms with Crippen molar-refractivity contribution in [2.45, 2.75) is 25.3 Å². The number of benzene rings is 1. The zero-order valence-electron chi connectivity index (χ0n) is 9.60. The maximum atomic E-state index is 13.6. The molecule has 0 aliphatic carbocycles. The van der Waals surface area contributed by atoms with E-state index in [0.717, 1.165) is 25.0 Å². The first-order valence-electron chi connectivity index (χ1n) is 5.74. The molecule has 1 aliphatic rings. The Labute approximate surface area is 109 Å². The third kappa shape index (κ3) is 3.10. The summed E-state index contributed by atoms with van der Waals surface area (Å²) >= 11 is 5.79. The second-order valence-corrected chi connectivity index (χ2v) is 4.69. The quantitative estimate of drug-likeness (QED) is 0.871. The summed E-state index contributed by atoms with van der Waals surface area (Å²) in [4.78, 5) is 11.4. The van der Waals surface area contributed by atoms with E-state index in [4.69, 9.17) is 11.6 Å². The van der Waals surface area contributed by atoms with E-state index < -0.39 is 11.6 Å². The topological polar surface area (TPSA) is 41.1 Å². The molecule has 3 nitrogen and oxygen atoms in total. The van der Waals surface area contributed by atoms with Crippen LogP contribution < -0.4 is 10.6 Å². The second-order valence-electron chi connectivity index (χ2n) is 4.28. The lowest BCUT2D eigenvalue weighted by Gasteiger charge is -2.18. The summed E-state index contributed by atoms with van der Waals surface area (Å²) in [5.41, 5.74) is 0.0535. The van der Waals surface area contributed by atoms with Crippen LogP contribution in [-0.4, -0.2) is 18.5 Å². The Morgan fingerprint density at radius 1 is 1.39 bits per heavy atom. The van der Waals surface area contributed by atoms with Gasteiger partial charge in [0.2, 0.25) is 5.91 Å². The lowest BCUT2D eigenvalue weighted by molar-refractivity contribution is -0.120. The fourth-order valence-corrected chi connectivity index (χ4v) is 2.23. The summed E-state index contributed by atoms with van der Waals surface area (Å²) in [6.07, 6.45) is 1.79. The van der Waals surface area contributed by atoms with Crippen molar-refractivity contribution in [1.82, 2.24) is 5.32 Å². The van der Waals surface area contributed by atoms with E-state index in [1.54, 1.807) is 0 Å². The number of carbonyl (C=O) groups excluding carboxylic acids is 1. The van der Waals surface area contributed by atoms with E-state index in [-0.39, 0.29) is 29.1 Å². The molecule has 98 valence electrons. The van der Waals surface area contributed by atoms with Crippen molar-refractivity contribution in [1.29, 1.82) is 0 Å². The molecule has 6 heteroatoms. The Hall–Kier alpha value is -1.36. The first kappa shape index (κ1) is 13.1. The maximum absolute atomic E-state index is 13.6. The summed E-state index contributed by atoms with van der Waals surface area (Å²) in [7, 11) is 0. The van der Waals surface area contributed by atoms with Crippen LogP contribution in [-0.2, 0) is 4.79 Å². The molecular weight excluding hydrogens is 262 g/mol. The molecule has 0 saturated carbocycles. The van der Waals surface area contributed by atoms with Gasteiger partial charge in [-0.3, -0.25) is 4.79 Å². The molecule has 1 atom stereocenters. The monoisotopic (exact) mass is 274 g/mol. The molecular formula is C12H13ClF2N2O. The molecule has 1 aromatic rings. The van der Waals surface area contributed by atoms with E-state index in [1.807, 2.05) is 0 Å². The molecule has 1 saturated heterocycles.